The van der Waals surface area contributed by atoms with Crippen LogP contribution in [0.3, 0.4) is 0 Å². The second kappa shape index (κ2) is 6.13. The van der Waals surface area contributed by atoms with Crippen molar-refractivity contribution in [3.8, 4) is 0 Å². The van der Waals surface area contributed by atoms with Gasteiger partial charge in [0, 0.05) is 10.5 Å². The number of rotatable bonds is 4. The third-order valence-electron chi connectivity index (χ3n) is 2.98. The third kappa shape index (κ3) is 3.81. The van der Waals surface area contributed by atoms with E-state index in [0.717, 1.165) is 22.2 Å². The minimum atomic E-state index is -3.77. The molecule has 0 bridgehead atoms. The van der Waals surface area contributed by atoms with Gasteiger partial charge >= 0.3 is 0 Å². The van der Waals surface area contributed by atoms with E-state index in [0.29, 0.717) is 0 Å². The molecule has 0 aliphatic rings. The van der Waals surface area contributed by atoms with Crippen molar-refractivity contribution in [3.05, 3.63) is 58.3 Å². The largest absolute Gasteiger partial charge is 0.396 e. The Morgan fingerprint density at radius 1 is 1.19 bits per heavy atom. The van der Waals surface area contributed by atoms with Crippen molar-refractivity contribution in [3.63, 3.8) is 0 Å². The van der Waals surface area contributed by atoms with Gasteiger partial charge in [0.2, 0.25) is 10.0 Å². The second-order valence-electron chi connectivity index (χ2n) is 4.58. The quantitative estimate of drug-likeness (QED) is 0.809. The van der Waals surface area contributed by atoms with Crippen LogP contribution in [0.15, 0.2) is 51.8 Å². The Bertz CT molecular complexity index is 748. The molecule has 0 aliphatic carbocycles. The van der Waals surface area contributed by atoms with Gasteiger partial charge in [0.25, 0.3) is 0 Å². The van der Waals surface area contributed by atoms with Crippen LogP contribution < -0.4 is 10.5 Å². The lowest BCUT2D eigenvalue weighted by molar-refractivity contribution is 0.566. The smallest absolute Gasteiger partial charge is 0.241 e. The van der Waals surface area contributed by atoms with Crippen molar-refractivity contribution in [2.75, 3.05) is 5.73 Å². The van der Waals surface area contributed by atoms with Crippen LogP contribution in [0.5, 0.6) is 0 Å². The van der Waals surface area contributed by atoms with Crippen LogP contribution in [-0.4, -0.2) is 8.42 Å². The molecular weight excluding hydrogens is 359 g/mol. The maximum atomic E-state index is 13.1. The van der Waals surface area contributed by atoms with E-state index in [1.807, 2.05) is 24.3 Å². The number of nitrogen functional groups attached to an aromatic ring is 1. The summed E-state index contributed by atoms with van der Waals surface area (Å²) in [6.45, 7) is 1.73. The van der Waals surface area contributed by atoms with Gasteiger partial charge in [-0.05, 0) is 42.8 Å². The molecule has 0 saturated heterocycles. The third-order valence-corrected chi connectivity index (χ3v) is 5.05. The average Bonchev–Trinajstić information content (AvgIpc) is 2.42. The highest BCUT2D eigenvalue weighted by molar-refractivity contribution is 9.10. The highest BCUT2D eigenvalue weighted by Gasteiger charge is 2.19. The van der Waals surface area contributed by atoms with Gasteiger partial charge < -0.3 is 5.73 Å². The van der Waals surface area contributed by atoms with E-state index in [1.165, 1.54) is 6.07 Å². The van der Waals surface area contributed by atoms with Crippen LogP contribution in [0.1, 0.15) is 18.5 Å². The molecule has 4 nitrogen and oxygen atoms in total. The predicted octanol–water partition coefficient (Wildman–Crippen LogP) is 3.21. The molecule has 21 heavy (non-hydrogen) atoms. The summed E-state index contributed by atoms with van der Waals surface area (Å²) < 4.78 is 41.0. The van der Waals surface area contributed by atoms with E-state index in [-0.39, 0.29) is 10.6 Å². The summed E-state index contributed by atoms with van der Waals surface area (Å²) in [6.07, 6.45) is 0. The van der Waals surface area contributed by atoms with Gasteiger partial charge in [-0.25, -0.2) is 17.5 Å². The molecule has 0 spiro atoms. The van der Waals surface area contributed by atoms with Gasteiger partial charge in [0.15, 0.2) is 0 Å². The van der Waals surface area contributed by atoms with Crippen LogP contribution in [0.4, 0.5) is 10.1 Å². The summed E-state index contributed by atoms with van der Waals surface area (Å²) in [5.74, 6) is -0.644. The van der Waals surface area contributed by atoms with E-state index >= 15 is 0 Å². The number of hydrogen-bond donors (Lipinski definition) is 2. The predicted molar refractivity (Wildman–Crippen MR) is 83.7 cm³/mol. The Kier molecular flexibility index (Phi) is 4.65. The van der Waals surface area contributed by atoms with Gasteiger partial charge in [-0.2, -0.15) is 0 Å². The zero-order valence-electron chi connectivity index (χ0n) is 11.2. The maximum absolute atomic E-state index is 13.1. The normalized spacial score (nSPS) is 13.1. The Hall–Kier alpha value is -1.44. The van der Waals surface area contributed by atoms with E-state index in [9.17, 15) is 12.8 Å². The maximum Gasteiger partial charge on any atom is 0.241 e. The SMILES string of the molecule is C[C@@H](NS(=O)(=O)c1ccc(F)c(N)c1)c1ccc(Br)cc1. The fourth-order valence-corrected chi connectivity index (χ4v) is 3.34. The number of benzene rings is 2. The Balaban J connectivity index is 2.24. The molecule has 0 unspecified atom stereocenters. The topological polar surface area (TPSA) is 72.2 Å². The van der Waals surface area contributed by atoms with Crippen molar-refractivity contribution in [1.82, 2.24) is 4.72 Å². The van der Waals surface area contributed by atoms with Crippen LogP contribution in [0.2, 0.25) is 0 Å². The first-order chi connectivity index (χ1) is 9.79. The van der Waals surface area contributed by atoms with Gasteiger partial charge in [0.1, 0.15) is 5.82 Å². The van der Waals surface area contributed by atoms with Gasteiger partial charge in [-0.1, -0.05) is 28.1 Å². The fraction of sp³-hybridized carbons (Fsp3) is 0.143. The molecule has 1 atom stereocenters. The van der Waals surface area contributed by atoms with E-state index in [2.05, 4.69) is 20.7 Å². The Morgan fingerprint density at radius 3 is 2.38 bits per heavy atom. The minimum Gasteiger partial charge on any atom is -0.396 e. The molecule has 7 heteroatoms. The summed E-state index contributed by atoms with van der Waals surface area (Å²) in [5.41, 5.74) is 6.02. The van der Waals surface area contributed by atoms with E-state index in [4.69, 9.17) is 5.73 Å². The van der Waals surface area contributed by atoms with E-state index < -0.39 is 21.9 Å². The molecule has 0 fully saturated rings. The standard InChI is InChI=1S/C14H14BrFN2O2S/c1-9(10-2-4-11(15)5-3-10)18-21(19,20)12-6-7-13(16)14(17)8-12/h2-9,18H,17H2,1H3/t9-/m1/s1. The summed E-state index contributed by atoms with van der Waals surface area (Å²) in [5, 5.41) is 0. The van der Waals surface area contributed by atoms with Gasteiger partial charge in [0.05, 0.1) is 10.6 Å². The number of sulfonamides is 1. The minimum absolute atomic E-state index is 0.0645. The summed E-state index contributed by atoms with van der Waals surface area (Å²) in [4.78, 5) is -0.0645. The van der Waals surface area contributed by atoms with Crippen LogP contribution >= 0.6 is 15.9 Å². The number of halogens is 2. The molecule has 2 aromatic rings. The lowest BCUT2D eigenvalue weighted by atomic mass is 10.1. The van der Waals surface area contributed by atoms with E-state index in [1.54, 1.807) is 6.92 Å². The van der Waals surface area contributed by atoms with Crippen LogP contribution in [0.25, 0.3) is 0 Å². The number of nitrogens with two attached hydrogens (primary N) is 1. The second-order valence-corrected chi connectivity index (χ2v) is 7.21. The molecule has 0 aliphatic heterocycles. The molecule has 0 aromatic heterocycles. The molecule has 2 aromatic carbocycles. The highest BCUT2D eigenvalue weighted by atomic mass is 79.9. The zero-order chi connectivity index (χ0) is 15.6. The van der Waals surface area contributed by atoms with Crippen molar-refractivity contribution < 1.29 is 12.8 Å². The highest BCUT2D eigenvalue weighted by Crippen LogP contribution is 2.21. The molecule has 0 saturated carbocycles. The number of anilines is 1. The molecule has 0 heterocycles. The average molecular weight is 373 g/mol. The van der Waals surface area contributed by atoms with Crippen molar-refractivity contribution >= 4 is 31.6 Å². The molecule has 0 radical (unpaired) electrons. The first kappa shape index (κ1) is 15.9. The molecular formula is C14H14BrFN2O2S. The molecule has 0 amide bonds. The first-order valence-corrected chi connectivity index (χ1v) is 8.40. The monoisotopic (exact) mass is 372 g/mol. The van der Waals surface area contributed by atoms with Crippen LogP contribution in [-0.2, 0) is 10.0 Å². The molecule has 112 valence electrons. The summed E-state index contributed by atoms with van der Waals surface area (Å²) in [7, 11) is -3.77. The van der Waals surface area contributed by atoms with Gasteiger partial charge in [-0.15, -0.1) is 0 Å². The molecule has 3 N–H and O–H groups in total. The van der Waals surface area contributed by atoms with Crippen molar-refractivity contribution in [2.24, 2.45) is 0 Å². The number of nitrogens with one attached hydrogen (secondary N) is 1. The number of hydrogen-bond acceptors (Lipinski definition) is 3. The van der Waals surface area contributed by atoms with Crippen molar-refractivity contribution in [1.29, 1.82) is 0 Å². The Morgan fingerprint density at radius 2 is 1.81 bits per heavy atom. The van der Waals surface area contributed by atoms with Gasteiger partial charge in [-0.3, -0.25) is 0 Å². The fourth-order valence-electron chi connectivity index (χ4n) is 1.81. The summed E-state index contributed by atoms with van der Waals surface area (Å²) in [6, 6.07) is 10.2. The lowest BCUT2D eigenvalue weighted by Crippen LogP contribution is -2.27. The van der Waals surface area contributed by atoms with Crippen molar-refractivity contribution in [2.45, 2.75) is 17.9 Å². The van der Waals surface area contributed by atoms with Crippen LogP contribution in [0, 0.1) is 5.82 Å². The Labute approximate surface area is 131 Å². The lowest BCUT2D eigenvalue weighted by Gasteiger charge is -2.15. The first-order valence-electron chi connectivity index (χ1n) is 6.12. The molecule has 2 rings (SSSR count). The summed E-state index contributed by atoms with van der Waals surface area (Å²) >= 11 is 3.32. The zero-order valence-corrected chi connectivity index (χ0v) is 13.6.